The molecule has 0 aliphatic carbocycles. The first-order valence-corrected chi connectivity index (χ1v) is 6.37. The van der Waals surface area contributed by atoms with Gasteiger partial charge in [0.1, 0.15) is 11.6 Å². The molecule has 2 rings (SSSR count). The molecule has 2 aromatic carbocycles. The van der Waals surface area contributed by atoms with Crippen LogP contribution in [0.25, 0.3) is 0 Å². The molecule has 4 nitrogen and oxygen atoms in total. The standard InChI is InChI=1S/C15H14F2N2O2/c1-18-14(11-6-12(16)9-13(17)7-11)8-10-4-2-3-5-15(10)19(20)21/h2-7,9,14,18H,8H2,1H3. The van der Waals surface area contributed by atoms with E-state index in [0.717, 1.165) is 6.07 Å². The molecular formula is C15H14F2N2O2. The molecule has 6 heteroatoms. The average Bonchev–Trinajstić information content (AvgIpc) is 2.43. The van der Waals surface area contributed by atoms with E-state index >= 15 is 0 Å². The lowest BCUT2D eigenvalue weighted by Gasteiger charge is -2.17. The van der Waals surface area contributed by atoms with Crippen LogP contribution in [0.2, 0.25) is 0 Å². The zero-order valence-electron chi connectivity index (χ0n) is 11.3. The van der Waals surface area contributed by atoms with Gasteiger partial charge >= 0.3 is 0 Å². The zero-order chi connectivity index (χ0) is 15.4. The van der Waals surface area contributed by atoms with E-state index < -0.39 is 22.6 Å². The van der Waals surface area contributed by atoms with Crippen LogP contribution in [0.15, 0.2) is 42.5 Å². The van der Waals surface area contributed by atoms with E-state index in [1.165, 1.54) is 18.2 Å². The van der Waals surface area contributed by atoms with Crippen molar-refractivity contribution in [2.45, 2.75) is 12.5 Å². The van der Waals surface area contributed by atoms with E-state index in [4.69, 9.17) is 0 Å². The summed E-state index contributed by atoms with van der Waals surface area (Å²) in [6.07, 6.45) is 0.260. The Bertz CT molecular complexity index is 642. The Labute approximate surface area is 120 Å². The number of benzene rings is 2. The second-order valence-corrected chi connectivity index (χ2v) is 4.63. The van der Waals surface area contributed by atoms with Gasteiger partial charge in [-0.2, -0.15) is 0 Å². The van der Waals surface area contributed by atoms with Crippen LogP contribution < -0.4 is 5.32 Å². The van der Waals surface area contributed by atoms with Crippen molar-refractivity contribution in [3.8, 4) is 0 Å². The SMILES string of the molecule is CNC(Cc1ccccc1[N+](=O)[O-])c1cc(F)cc(F)c1. The monoisotopic (exact) mass is 292 g/mol. The summed E-state index contributed by atoms with van der Waals surface area (Å²) in [5.41, 5.74) is 0.911. The summed E-state index contributed by atoms with van der Waals surface area (Å²) >= 11 is 0. The molecule has 0 fully saturated rings. The van der Waals surface area contributed by atoms with Crippen molar-refractivity contribution in [2.24, 2.45) is 0 Å². The summed E-state index contributed by atoms with van der Waals surface area (Å²) < 4.78 is 26.6. The third-order valence-corrected chi connectivity index (χ3v) is 3.25. The molecule has 0 heterocycles. The number of nitro groups is 1. The van der Waals surface area contributed by atoms with Crippen molar-refractivity contribution in [3.63, 3.8) is 0 Å². The van der Waals surface area contributed by atoms with Crippen LogP contribution in [0.1, 0.15) is 17.2 Å². The summed E-state index contributed by atoms with van der Waals surface area (Å²) in [5.74, 6) is -1.35. The summed E-state index contributed by atoms with van der Waals surface area (Å²) in [7, 11) is 1.64. The molecule has 1 unspecified atom stereocenters. The lowest BCUT2D eigenvalue weighted by atomic mass is 9.97. The van der Waals surface area contributed by atoms with Crippen LogP contribution >= 0.6 is 0 Å². The highest BCUT2D eigenvalue weighted by Crippen LogP contribution is 2.25. The lowest BCUT2D eigenvalue weighted by Crippen LogP contribution is -2.19. The molecule has 0 spiro atoms. The molecule has 0 aliphatic heterocycles. The van der Waals surface area contributed by atoms with Gasteiger partial charge in [-0.1, -0.05) is 18.2 Å². The Morgan fingerprint density at radius 1 is 1.19 bits per heavy atom. The summed E-state index contributed by atoms with van der Waals surface area (Å²) in [5, 5.41) is 13.9. The van der Waals surface area contributed by atoms with Gasteiger partial charge in [0.15, 0.2) is 0 Å². The average molecular weight is 292 g/mol. The van der Waals surface area contributed by atoms with Gasteiger partial charge in [0, 0.05) is 23.7 Å². The number of nitro benzene ring substituents is 1. The molecule has 0 amide bonds. The highest BCUT2D eigenvalue weighted by molar-refractivity contribution is 5.41. The van der Waals surface area contributed by atoms with Crippen molar-refractivity contribution in [3.05, 3.63) is 75.3 Å². The first kappa shape index (κ1) is 15.1. The number of halogens is 2. The van der Waals surface area contributed by atoms with Crippen molar-refractivity contribution in [1.29, 1.82) is 0 Å². The maximum Gasteiger partial charge on any atom is 0.272 e. The number of nitrogens with zero attached hydrogens (tertiary/aromatic N) is 1. The van der Waals surface area contributed by atoms with Gasteiger partial charge in [-0.25, -0.2) is 8.78 Å². The third-order valence-electron chi connectivity index (χ3n) is 3.25. The molecule has 1 N–H and O–H groups in total. The Balaban J connectivity index is 2.33. The minimum absolute atomic E-state index is 0.00498. The van der Waals surface area contributed by atoms with Crippen LogP contribution in [-0.2, 0) is 6.42 Å². The molecule has 0 saturated heterocycles. The van der Waals surface area contributed by atoms with E-state index in [1.807, 2.05) is 0 Å². The van der Waals surface area contributed by atoms with E-state index in [-0.39, 0.29) is 12.1 Å². The van der Waals surface area contributed by atoms with Gasteiger partial charge in [0.25, 0.3) is 5.69 Å². The van der Waals surface area contributed by atoms with Crippen molar-refractivity contribution in [1.82, 2.24) is 5.32 Å². The molecule has 21 heavy (non-hydrogen) atoms. The van der Waals surface area contributed by atoms with Gasteiger partial charge in [-0.05, 0) is 31.2 Å². The van der Waals surface area contributed by atoms with Crippen LogP contribution in [0.3, 0.4) is 0 Å². The molecule has 1 atom stereocenters. The number of likely N-dealkylation sites (N-methyl/N-ethyl adjacent to an activating group) is 1. The largest absolute Gasteiger partial charge is 0.313 e. The van der Waals surface area contributed by atoms with E-state index in [2.05, 4.69) is 5.32 Å². The van der Waals surface area contributed by atoms with E-state index in [1.54, 1.807) is 25.2 Å². The number of hydrogen-bond acceptors (Lipinski definition) is 3. The van der Waals surface area contributed by atoms with Crippen LogP contribution in [-0.4, -0.2) is 12.0 Å². The van der Waals surface area contributed by atoms with Crippen molar-refractivity contribution < 1.29 is 13.7 Å². The Morgan fingerprint density at radius 2 is 1.81 bits per heavy atom. The van der Waals surface area contributed by atoms with Gasteiger partial charge in [-0.15, -0.1) is 0 Å². The van der Waals surface area contributed by atoms with E-state index in [0.29, 0.717) is 11.1 Å². The molecule has 2 aromatic rings. The highest BCUT2D eigenvalue weighted by atomic mass is 19.1. The van der Waals surface area contributed by atoms with Gasteiger partial charge in [0.2, 0.25) is 0 Å². The van der Waals surface area contributed by atoms with Gasteiger partial charge in [-0.3, -0.25) is 10.1 Å². The van der Waals surface area contributed by atoms with Crippen LogP contribution in [0.5, 0.6) is 0 Å². The minimum Gasteiger partial charge on any atom is -0.313 e. The Kier molecular flexibility index (Phi) is 4.59. The molecule has 0 aliphatic rings. The predicted octanol–water partition coefficient (Wildman–Crippen LogP) is 3.38. The highest BCUT2D eigenvalue weighted by Gasteiger charge is 2.18. The van der Waals surface area contributed by atoms with Crippen molar-refractivity contribution in [2.75, 3.05) is 7.05 Å². The fourth-order valence-electron chi connectivity index (χ4n) is 2.24. The number of nitrogens with one attached hydrogen (secondary N) is 1. The topological polar surface area (TPSA) is 55.2 Å². The zero-order valence-corrected chi connectivity index (χ0v) is 11.3. The Morgan fingerprint density at radius 3 is 2.38 bits per heavy atom. The van der Waals surface area contributed by atoms with Gasteiger partial charge in [0.05, 0.1) is 4.92 Å². The molecule has 0 saturated carbocycles. The van der Waals surface area contributed by atoms with E-state index in [9.17, 15) is 18.9 Å². The molecule has 0 radical (unpaired) electrons. The summed E-state index contributed by atoms with van der Waals surface area (Å²) in [4.78, 5) is 10.5. The maximum absolute atomic E-state index is 13.3. The molecule has 110 valence electrons. The smallest absolute Gasteiger partial charge is 0.272 e. The molecule has 0 bridgehead atoms. The minimum atomic E-state index is -0.673. The molecular weight excluding hydrogens is 278 g/mol. The second kappa shape index (κ2) is 6.41. The van der Waals surface area contributed by atoms with Gasteiger partial charge < -0.3 is 5.32 Å². The normalized spacial score (nSPS) is 12.1. The lowest BCUT2D eigenvalue weighted by molar-refractivity contribution is -0.385. The second-order valence-electron chi connectivity index (χ2n) is 4.63. The van der Waals surface area contributed by atoms with Crippen molar-refractivity contribution >= 4 is 5.69 Å². The van der Waals surface area contributed by atoms with Crippen LogP contribution in [0, 0.1) is 21.7 Å². The fraction of sp³-hybridized carbons (Fsp3) is 0.200. The fourth-order valence-corrected chi connectivity index (χ4v) is 2.24. The molecule has 0 aromatic heterocycles. The maximum atomic E-state index is 13.3. The quantitative estimate of drug-likeness (QED) is 0.679. The number of rotatable bonds is 5. The summed E-state index contributed by atoms with van der Waals surface area (Å²) in [6, 6.07) is 9.14. The first-order valence-electron chi connectivity index (χ1n) is 6.37. The third kappa shape index (κ3) is 3.61. The number of hydrogen-bond donors (Lipinski definition) is 1. The summed E-state index contributed by atoms with van der Waals surface area (Å²) in [6.45, 7) is 0. The van der Waals surface area contributed by atoms with Crippen LogP contribution in [0.4, 0.5) is 14.5 Å². The number of para-hydroxylation sites is 1. The predicted molar refractivity (Wildman–Crippen MR) is 75.0 cm³/mol. The first-order chi connectivity index (χ1) is 10.0. The Hall–Kier alpha value is -2.34.